The fourth-order valence-corrected chi connectivity index (χ4v) is 1.90. The minimum absolute atomic E-state index is 0.122. The van der Waals surface area contributed by atoms with E-state index >= 15 is 0 Å². The Hall–Kier alpha value is -0.160. The van der Waals surface area contributed by atoms with Gasteiger partial charge >= 0.3 is 0 Å². The van der Waals surface area contributed by atoms with Crippen molar-refractivity contribution in [2.45, 2.75) is 64.3 Å². The standard InChI is InChI=1S/C12H26O4/c1-9(8-13)4-5-11(15)7-12(3,16)6-10(2)14/h9-11,13-16H,4-8H2,1-3H3. The Morgan fingerprint density at radius 1 is 1.06 bits per heavy atom. The fraction of sp³-hybridized carbons (Fsp3) is 1.00. The van der Waals surface area contributed by atoms with Gasteiger partial charge in [-0.05, 0) is 32.6 Å². The number of hydrogen-bond donors (Lipinski definition) is 4. The van der Waals surface area contributed by atoms with E-state index in [2.05, 4.69) is 0 Å². The fourth-order valence-electron chi connectivity index (χ4n) is 1.90. The molecule has 0 radical (unpaired) electrons. The van der Waals surface area contributed by atoms with Crippen LogP contribution in [0, 0.1) is 5.92 Å². The molecule has 0 aromatic rings. The molecule has 0 saturated heterocycles. The Labute approximate surface area is 97.9 Å². The summed E-state index contributed by atoms with van der Waals surface area (Å²) >= 11 is 0. The number of aliphatic hydroxyl groups is 4. The number of hydrogen-bond acceptors (Lipinski definition) is 4. The molecule has 0 aliphatic carbocycles. The molecule has 0 rings (SSSR count). The first-order valence-electron chi connectivity index (χ1n) is 5.96. The molecule has 0 aliphatic heterocycles. The summed E-state index contributed by atoms with van der Waals surface area (Å²) in [6, 6.07) is 0. The molecule has 4 unspecified atom stereocenters. The molecule has 0 saturated carbocycles. The Kier molecular flexibility index (Phi) is 7.15. The second-order valence-corrected chi connectivity index (χ2v) is 5.27. The second kappa shape index (κ2) is 7.22. The smallest absolute Gasteiger partial charge is 0.0668 e. The average Bonchev–Trinajstić information content (AvgIpc) is 2.11. The minimum Gasteiger partial charge on any atom is -0.396 e. The van der Waals surface area contributed by atoms with E-state index in [0.717, 1.165) is 6.42 Å². The lowest BCUT2D eigenvalue weighted by atomic mass is 9.90. The van der Waals surface area contributed by atoms with Gasteiger partial charge < -0.3 is 20.4 Å². The van der Waals surface area contributed by atoms with E-state index < -0.39 is 17.8 Å². The first-order chi connectivity index (χ1) is 7.26. The van der Waals surface area contributed by atoms with Gasteiger partial charge in [0.2, 0.25) is 0 Å². The molecule has 98 valence electrons. The van der Waals surface area contributed by atoms with Crippen molar-refractivity contribution in [2.75, 3.05) is 6.61 Å². The zero-order chi connectivity index (χ0) is 12.8. The van der Waals surface area contributed by atoms with Crippen LogP contribution < -0.4 is 0 Å². The van der Waals surface area contributed by atoms with Crippen LogP contribution in [0.15, 0.2) is 0 Å². The van der Waals surface area contributed by atoms with Crippen LogP contribution in [0.2, 0.25) is 0 Å². The van der Waals surface area contributed by atoms with E-state index in [1.54, 1.807) is 13.8 Å². The van der Waals surface area contributed by atoms with Crippen LogP contribution in [0.3, 0.4) is 0 Å². The molecule has 16 heavy (non-hydrogen) atoms. The Balaban J connectivity index is 3.89. The van der Waals surface area contributed by atoms with Crippen LogP contribution in [0.5, 0.6) is 0 Å². The number of aliphatic hydroxyl groups excluding tert-OH is 3. The van der Waals surface area contributed by atoms with Crippen LogP contribution in [0.1, 0.15) is 46.5 Å². The SMILES string of the molecule is CC(O)CC(C)(O)CC(O)CCC(C)CO. The van der Waals surface area contributed by atoms with Gasteiger partial charge in [-0.25, -0.2) is 0 Å². The van der Waals surface area contributed by atoms with Crippen molar-refractivity contribution in [1.29, 1.82) is 0 Å². The first-order valence-corrected chi connectivity index (χ1v) is 5.96. The molecule has 0 aliphatic rings. The molecule has 4 atom stereocenters. The molecule has 0 aromatic carbocycles. The van der Waals surface area contributed by atoms with Crippen molar-refractivity contribution in [1.82, 2.24) is 0 Å². The van der Waals surface area contributed by atoms with E-state index in [4.69, 9.17) is 5.11 Å². The van der Waals surface area contributed by atoms with E-state index in [9.17, 15) is 15.3 Å². The topological polar surface area (TPSA) is 80.9 Å². The lowest BCUT2D eigenvalue weighted by Gasteiger charge is -2.27. The third kappa shape index (κ3) is 8.05. The summed E-state index contributed by atoms with van der Waals surface area (Å²) in [5.41, 5.74) is -1.03. The molecule has 0 amide bonds. The summed E-state index contributed by atoms with van der Waals surface area (Å²) < 4.78 is 0. The number of rotatable bonds is 8. The maximum absolute atomic E-state index is 9.91. The lowest BCUT2D eigenvalue weighted by Crippen LogP contribution is -2.33. The molecule has 0 spiro atoms. The second-order valence-electron chi connectivity index (χ2n) is 5.27. The molecular weight excluding hydrogens is 208 g/mol. The van der Waals surface area contributed by atoms with Crippen LogP contribution >= 0.6 is 0 Å². The summed E-state index contributed by atoms with van der Waals surface area (Å²) in [4.78, 5) is 0. The van der Waals surface area contributed by atoms with E-state index in [1.807, 2.05) is 6.92 Å². The maximum atomic E-state index is 9.91. The van der Waals surface area contributed by atoms with Crippen molar-refractivity contribution in [3.63, 3.8) is 0 Å². The average molecular weight is 234 g/mol. The zero-order valence-electron chi connectivity index (χ0n) is 10.6. The Morgan fingerprint density at radius 3 is 2.06 bits per heavy atom. The van der Waals surface area contributed by atoms with Crippen LogP contribution in [0.4, 0.5) is 0 Å². The van der Waals surface area contributed by atoms with Gasteiger partial charge in [0.05, 0.1) is 17.8 Å². The van der Waals surface area contributed by atoms with Gasteiger partial charge in [0, 0.05) is 19.4 Å². The predicted octanol–water partition coefficient (Wildman–Crippen LogP) is 0.668. The van der Waals surface area contributed by atoms with Crippen molar-refractivity contribution < 1.29 is 20.4 Å². The monoisotopic (exact) mass is 234 g/mol. The van der Waals surface area contributed by atoms with Crippen LogP contribution in [-0.4, -0.2) is 44.8 Å². The molecule has 0 heterocycles. The van der Waals surface area contributed by atoms with Crippen molar-refractivity contribution >= 4 is 0 Å². The molecule has 4 heteroatoms. The Morgan fingerprint density at radius 2 is 1.62 bits per heavy atom. The quantitative estimate of drug-likeness (QED) is 0.497. The highest BCUT2D eigenvalue weighted by atomic mass is 16.3. The highest BCUT2D eigenvalue weighted by Gasteiger charge is 2.26. The summed E-state index contributed by atoms with van der Waals surface area (Å²) in [6.07, 6.45) is 0.678. The third-order valence-corrected chi connectivity index (χ3v) is 2.71. The highest BCUT2D eigenvalue weighted by molar-refractivity contribution is 4.78. The summed E-state index contributed by atoms with van der Waals surface area (Å²) in [5.74, 6) is 0.177. The summed E-state index contributed by atoms with van der Waals surface area (Å²) in [6.45, 7) is 5.28. The highest BCUT2D eigenvalue weighted by Crippen LogP contribution is 2.21. The lowest BCUT2D eigenvalue weighted by molar-refractivity contribution is -0.0310. The summed E-state index contributed by atoms with van der Waals surface area (Å²) in [5, 5.41) is 37.6. The zero-order valence-corrected chi connectivity index (χ0v) is 10.6. The third-order valence-electron chi connectivity index (χ3n) is 2.71. The van der Waals surface area contributed by atoms with Crippen molar-refractivity contribution in [2.24, 2.45) is 5.92 Å². The van der Waals surface area contributed by atoms with Gasteiger partial charge in [-0.2, -0.15) is 0 Å². The van der Waals surface area contributed by atoms with Gasteiger partial charge in [-0.1, -0.05) is 6.92 Å². The van der Waals surface area contributed by atoms with Crippen molar-refractivity contribution in [3.05, 3.63) is 0 Å². The van der Waals surface area contributed by atoms with E-state index in [-0.39, 0.29) is 25.4 Å². The normalized spacial score (nSPS) is 21.2. The minimum atomic E-state index is -1.03. The molecule has 0 fully saturated rings. The summed E-state index contributed by atoms with van der Waals surface area (Å²) in [7, 11) is 0. The van der Waals surface area contributed by atoms with Gasteiger partial charge in [0.25, 0.3) is 0 Å². The first kappa shape index (κ1) is 15.8. The van der Waals surface area contributed by atoms with E-state index in [0.29, 0.717) is 6.42 Å². The van der Waals surface area contributed by atoms with Gasteiger partial charge in [0.15, 0.2) is 0 Å². The largest absolute Gasteiger partial charge is 0.396 e. The van der Waals surface area contributed by atoms with Crippen LogP contribution in [0.25, 0.3) is 0 Å². The maximum Gasteiger partial charge on any atom is 0.0668 e. The molecular formula is C12H26O4. The van der Waals surface area contributed by atoms with Gasteiger partial charge in [0.1, 0.15) is 0 Å². The molecule has 0 aromatic heterocycles. The Bertz CT molecular complexity index is 180. The van der Waals surface area contributed by atoms with Crippen LogP contribution in [-0.2, 0) is 0 Å². The molecule has 4 N–H and O–H groups in total. The van der Waals surface area contributed by atoms with Crippen molar-refractivity contribution in [3.8, 4) is 0 Å². The van der Waals surface area contributed by atoms with Gasteiger partial charge in [-0.3, -0.25) is 0 Å². The predicted molar refractivity (Wildman–Crippen MR) is 63.0 cm³/mol. The molecule has 4 nitrogen and oxygen atoms in total. The van der Waals surface area contributed by atoms with Gasteiger partial charge in [-0.15, -0.1) is 0 Å². The van der Waals surface area contributed by atoms with E-state index in [1.165, 1.54) is 0 Å². The molecule has 0 bridgehead atoms.